The van der Waals surface area contributed by atoms with Gasteiger partial charge in [0.25, 0.3) is 0 Å². The molecule has 0 amide bonds. The predicted molar refractivity (Wildman–Crippen MR) is 82.1 cm³/mol. The van der Waals surface area contributed by atoms with Crippen molar-refractivity contribution in [3.8, 4) is 0 Å². The molecule has 0 N–H and O–H groups in total. The fraction of sp³-hybridized carbons (Fsp3) is 0.571. The Kier molecular flexibility index (Phi) is 4.41. The van der Waals surface area contributed by atoms with Gasteiger partial charge in [-0.2, -0.15) is 0 Å². The molecule has 3 rings (SSSR count). The average molecular weight is 312 g/mol. The average Bonchev–Trinajstić information content (AvgIpc) is 3.19. The molecule has 4 nitrogen and oxygen atoms in total. The van der Waals surface area contributed by atoms with Crippen molar-refractivity contribution in [1.82, 2.24) is 9.34 Å². The Bertz CT molecular complexity index is 505. The maximum atomic E-state index is 13.7. The van der Waals surface area contributed by atoms with E-state index in [0.717, 1.165) is 51.9 Å². The Morgan fingerprint density at radius 3 is 1.75 bits per heavy atom. The van der Waals surface area contributed by atoms with Crippen LogP contribution in [0.4, 0.5) is 0 Å². The van der Waals surface area contributed by atoms with Crippen LogP contribution in [0.2, 0.25) is 0 Å². The Balaban J connectivity index is 1.96. The molecule has 1 atom stereocenters. The molecule has 1 aromatic rings. The smallest absolute Gasteiger partial charge is 0.274 e. The van der Waals surface area contributed by atoms with Crippen LogP contribution in [0.15, 0.2) is 35.2 Å². The van der Waals surface area contributed by atoms with Gasteiger partial charge < -0.3 is 0 Å². The van der Waals surface area contributed by atoms with Gasteiger partial charge in [-0.15, -0.1) is 0 Å². The summed E-state index contributed by atoms with van der Waals surface area (Å²) in [7, 11) is -1.46. The van der Waals surface area contributed by atoms with E-state index in [-0.39, 0.29) is 0 Å². The first-order valence-electron chi connectivity index (χ1n) is 7.31. The third-order valence-corrected chi connectivity index (χ3v) is 10.7. The largest absolute Gasteiger partial charge is 0.305 e. The number of hydrogen-bond acceptors (Lipinski definition) is 2. The summed E-state index contributed by atoms with van der Waals surface area (Å²) >= 11 is 0. The molecule has 110 valence electrons. The lowest BCUT2D eigenvalue weighted by molar-refractivity contribution is 0.409. The molecule has 1 aromatic carbocycles. The zero-order valence-electron chi connectivity index (χ0n) is 11.6. The lowest BCUT2D eigenvalue weighted by Crippen LogP contribution is -2.30. The van der Waals surface area contributed by atoms with Crippen molar-refractivity contribution in [2.45, 2.75) is 30.6 Å². The van der Waals surface area contributed by atoms with Gasteiger partial charge >= 0.3 is 6.65 Å². The molecule has 2 saturated heterocycles. The lowest BCUT2D eigenvalue weighted by Gasteiger charge is -2.33. The zero-order valence-corrected chi connectivity index (χ0v) is 13.3. The molecular weight excluding hydrogens is 291 g/mol. The van der Waals surface area contributed by atoms with Crippen LogP contribution in [-0.4, -0.2) is 39.7 Å². The van der Waals surface area contributed by atoms with Gasteiger partial charge in [-0.3, -0.25) is 4.57 Å². The molecule has 0 aromatic heterocycles. The standard InChI is InChI=1S/C14H21N2O2PS/c17-19(15-10-4-5-11-15,16-12-6-7-13-16)20(18)14-8-2-1-3-9-14/h1-3,8-9H,4-7,10-13H2. The summed E-state index contributed by atoms with van der Waals surface area (Å²) in [4.78, 5) is 0.689. The Morgan fingerprint density at radius 2 is 1.30 bits per heavy atom. The molecule has 2 fully saturated rings. The van der Waals surface area contributed by atoms with Crippen LogP contribution < -0.4 is 0 Å². The Labute approximate surface area is 122 Å². The number of nitrogens with zero attached hydrogens (tertiary/aromatic N) is 2. The topological polar surface area (TPSA) is 40.6 Å². The fourth-order valence-electron chi connectivity index (χ4n) is 2.97. The quantitative estimate of drug-likeness (QED) is 0.801. The third-order valence-electron chi connectivity index (χ3n) is 4.04. The van der Waals surface area contributed by atoms with Crippen LogP contribution >= 0.6 is 6.65 Å². The monoisotopic (exact) mass is 312 g/mol. The van der Waals surface area contributed by atoms with Crippen LogP contribution in [0.3, 0.4) is 0 Å². The van der Waals surface area contributed by atoms with E-state index >= 15 is 0 Å². The summed E-state index contributed by atoms with van der Waals surface area (Å²) in [5.74, 6) is 0. The van der Waals surface area contributed by atoms with E-state index in [1.807, 2.05) is 39.7 Å². The normalized spacial score (nSPS) is 23.2. The number of benzene rings is 1. The van der Waals surface area contributed by atoms with E-state index in [0.29, 0.717) is 4.90 Å². The third kappa shape index (κ3) is 2.52. The molecular formula is C14H21N2O2PS. The minimum atomic E-state index is -2.99. The lowest BCUT2D eigenvalue weighted by atomic mass is 10.4. The van der Waals surface area contributed by atoms with Crippen LogP contribution in [0, 0.1) is 0 Å². The van der Waals surface area contributed by atoms with E-state index in [9.17, 15) is 8.77 Å². The van der Waals surface area contributed by atoms with Crippen molar-refractivity contribution in [2.24, 2.45) is 0 Å². The van der Waals surface area contributed by atoms with Crippen LogP contribution in [0.25, 0.3) is 0 Å². The summed E-state index contributed by atoms with van der Waals surface area (Å²) in [6.45, 7) is 0.259. The van der Waals surface area contributed by atoms with Gasteiger partial charge in [0.1, 0.15) is 10.4 Å². The van der Waals surface area contributed by atoms with Crippen LogP contribution in [0.5, 0.6) is 0 Å². The Hall–Kier alpha value is -0.480. The van der Waals surface area contributed by atoms with Crippen molar-refractivity contribution < 1.29 is 8.77 Å². The maximum Gasteiger partial charge on any atom is 0.305 e. The summed E-state index contributed by atoms with van der Waals surface area (Å²) in [5, 5.41) is 0. The van der Waals surface area contributed by atoms with Gasteiger partial charge in [0.05, 0.1) is 0 Å². The van der Waals surface area contributed by atoms with Crippen LogP contribution in [0.1, 0.15) is 25.7 Å². The minimum absolute atomic E-state index is 0.689. The molecule has 0 saturated carbocycles. The minimum Gasteiger partial charge on any atom is -0.274 e. The summed E-state index contributed by atoms with van der Waals surface area (Å²) < 4.78 is 30.7. The van der Waals surface area contributed by atoms with Gasteiger partial charge in [-0.1, -0.05) is 18.2 Å². The molecule has 20 heavy (non-hydrogen) atoms. The highest BCUT2D eigenvalue weighted by Gasteiger charge is 2.45. The van der Waals surface area contributed by atoms with Crippen molar-refractivity contribution >= 4 is 17.1 Å². The van der Waals surface area contributed by atoms with Gasteiger partial charge in [0.2, 0.25) is 0 Å². The molecule has 2 heterocycles. The highest BCUT2D eigenvalue weighted by atomic mass is 32.8. The Morgan fingerprint density at radius 1 is 0.850 bits per heavy atom. The van der Waals surface area contributed by atoms with E-state index in [4.69, 9.17) is 0 Å². The van der Waals surface area contributed by atoms with E-state index in [1.165, 1.54) is 0 Å². The van der Waals surface area contributed by atoms with E-state index < -0.39 is 17.1 Å². The first-order chi connectivity index (χ1) is 9.73. The summed E-state index contributed by atoms with van der Waals surface area (Å²) in [5.41, 5.74) is 0. The second-order valence-corrected chi connectivity index (χ2v) is 10.9. The van der Waals surface area contributed by atoms with Crippen molar-refractivity contribution in [3.05, 3.63) is 30.3 Å². The highest BCUT2D eigenvalue weighted by molar-refractivity contribution is 8.47. The number of hydrogen-bond donors (Lipinski definition) is 0. The molecule has 0 radical (unpaired) electrons. The predicted octanol–water partition coefficient (Wildman–Crippen LogP) is 3.09. The molecule has 6 heteroatoms. The van der Waals surface area contributed by atoms with Crippen molar-refractivity contribution in [3.63, 3.8) is 0 Å². The van der Waals surface area contributed by atoms with E-state index in [1.54, 1.807) is 0 Å². The fourth-order valence-corrected chi connectivity index (χ4v) is 9.42. The maximum absolute atomic E-state index is 13.7. The first kappa shape index (κ1) is 14.5. The molecule has 2 aliphatic heterocycles. The van der Waals surface area contributed by atoms with E-state index in [2.05, 4.69) is 0 Å². The van der Waals surface area contributed by atoms with Gasteiger partial charge in [0.15, 0.2) is 0 Å². The number of rotatable bonds is 4. The van der Waals surface area contributed by atoms with Gasteiger partial charge in [0, 0.05) is 31.1 Å². The van der Waals surface area contributed by atoms with Crippen molar-refractivity contribution in [1.29, 1.82) is 0 Å². The second-order valence-electron chi connectivity index (χ2n) is 5.37. The molecule has 0 bridgehead atoms. The molecule has 0 spiro atoms. The highest BCUT2D eigenvalue weighted by Crippen LogP contribution is 2.61. The van der Waals surface area contributed by atoms with Gasteiger partial charge in [-0.25, -0.2) is 13.5 Å². The summed E-state index contributed by atoms with van der Waals surface area (Å²) in [6, 6.07) is 9.29. The molecule has 1 unspecified atom stereocenters. The second kappa shape index (κ2) is 6.10. The first-order valence-corrected chi connectivity index (χ1v) is 10.7. The molecule has 2 aliphatic rings. The van der Waals surface area contributed by atoms with Crippen LogP contribution in [-0.2, 0) is 15.0 Å². The molecule has 0 aliphatic carbocycles. The van der Waals surface area contributed by atoms with Crippen molar-refractivity contribution in [2.75, 3.05) is 26.2 Å². The SMILES string of the molecule is O=S(c1ccccc1)P(=O)(N1CCCC1)N1CCCC1. The van der Waals surface area contributed by atoms with Gasteiger partial charge in [-0.05, 0) is 37.8 Å². The zero-order chi connectivity index (χ0) is 14.0. The summed E-state index contributed by atoms with van der Waals surface area (Å²) in [6.07, 6.45) is 4.24.